The molecule has 66 valence electrons. The summed E-state index contributed by atoms with van der Waals surface area (Å²) in [4.78, 5) is 0. The molecule has 1 aromatic carbocycles. The predicted octanol–water partition coefficient (Wildman–Crippen LogP) is 1.07. The molecule has 0 aliphatic rings. The summed E-state index contributed by atoms with van der Waals surface area (Å²) in [5.41, 5.74) is 0.499. The van der Waals surface area contributed by atoms with Crippen molar-refractivity contribution in [3.8, 4) is 5.75 Å². The van der Waals surface area contributed by atoms with Crippen LogP contribution in [0.4, 0.5) is 0 Å². The molecule has 0 aliphatic heterocycles. The van der Waals surface area contributed by atoms with E-state index in [1.807, 2.05) is 0 Å². The van der Waals surface area contributed by atoms with Gasteiger partial charge in [0, 0.05) is 12.7 Å². The Hall–Kier alpha value is -1.06. The van der Waals surface area contributed by atoms with Crippen LogP contribution in [0.1, 0.15) is 11.7 Å². The first kappa shape index (κ1) is 9.03. The molecule has 3 heteroatoms. The van der Waals surface area contributed by atoms with Crippen LogP contribution >= 0.6 is 0 Å². The Kier molecular flexibility index (Phi) is 3.08. The van der Waals surface area contributed by atoms with Gasteiger partial charge in [-0.2, -0.15) is 0 Å². The van der Waals surface area contributed by atoms with Crippen molar-refractivity contribution in [3.05, 3.63) is 29.8 Å². The van der Waals surface area contributed by atoms with Crippen LogP contribution in [0.5, 0.6) is 5.75 Å². The number of rotatable bonds is 3. The molecule has 0 bridgehead atoms. The van der Waals surface area contributed by atoms with Gasteiger partial charge in [0.05, 0.1) is 6.61 Å². The van der Waals surface area contributed by atoms with Crippen LogP contribution in [0.15, 0.2) is 24.3 Å². The van der Waals surface area contributed by atoms with E-state index in [0.29, 0.717) is 5.56 Å². The summed E-state index contributed by atoms with van der Waals surface area (Å²) in [6.45, 7) is 0.192. The summed E-state index contributed by atoms with van der Waals surface area (Å²) in [7, 11) is 1.50. The van der Waals surface area contributed by atoms with Crippen molar-refractivity contribution in [2.45, 2.75) is 6.10 Å². The molecule has 1 atom stereocenters. The molecule has 12 heavy (non-hydrogen) atoms. The minimum Gasteiger partial charge on any atom is -0.508 e. The van der Waals surface area contributed by atoms with Crippen LogP contribution in [-0.2, 0) is 4.74 Å². The highest BCUT2D eigenvalue weighted by Crippen LogP contribution is 2.23. The number of phenolic OH excluding ortho intramolecular Hbond substituents is 1. The van der Waals surface area contributed by atoms with Gasteiger partial charge in [-0.3, -0.25) is 0 Å². The second-order valence-electron chi connectivity index (χ2n) is 2.53. The second kappa shape index (κ2) is 4.09. The average Bonchev–Trinajstić information content (AvgIpc) is 2.05. The number of aliphatic hydroxyl groups excluding tert-OH is 1. The molecule has 0 amide bonds. The van der Waals surface area contributed by atoms with Gasteiger partial charge in [0.25, 0.3) is 0 Å². The number of phenols is 1. The molecule has 1 aromatic rings. The van der Waals surface area contributed by atoms with Crippen LogP contribution < -0.4 is 0 Å². The van der Waals surface area contributed by atoms with Crippen molar-refractivity contribution in [2.24, 2.45) is 0 Å². The van der Waals surface area contributed by atoms with Gasteiger partial charge in [-0.1, -0.05) is 18.2 Å². The van der Waals surface area contributed by atoms with Crippen molar-refractivity contribution in [2.75, 3.05) is 13.7 Å². The summed E-state index contributed by atoms with van der Waals surface area (Å²) in [5, 5.41) is 18.7. The Labute approximate surface area is 71.2 Å². The third-order valence-electron chi connectivity index (χ3n) is 1.62. The zero-order valence-corrected chi connectivity index (χ0v) is 6.90. The fourth-order valence-corrected chi connectivity index (χ4v) is 1.02. The van der Waals surface area contributed by atoms with Gasteiger partial charge in [0.1, 0.15) is 11.9 Å². The van der Waals surface area contributed by atoms with E-state index in [1.165, 1.54) is 13.2 Å². The van der Waals surface area contributed by atoms with Crippen LogP contribution in [0.25, 0.3) is 0 Å². The highest BCUT2D eigenvalue weighted by molar-refractivity contribution is 5.33. The molecule has 1 rings (SSSR count). The van der Waals surface area contributed by atoms with Gasteiger partial charge < -0.3 is 14.9 Å². The molecule has 0 saturated carbocycles. The molecule has 0 aliphatic carbocycles. The van der Waals surface area contributed by atoms with Gasteiger partial charge in [-0.15, -0.1) is 0 Å². The van der Waals surface area contributed by atoms with Gasteiger partial charge >= 0.3 is 0 Å². The fraction of sp³-hybridized carbons (Fsp3) is 0.333. The Morgan fingerprint density at radius 2 is 2.08 bits per heavy atom. The normalized spacial score (nSPS) is 12.8. The number of hydrogen-bond donors (Lipinski definition) is 2. The lowest BCUT2D eigenvalue weighted by molar-refractivity contribution is 0.0628. The van der Waals surface area contributed by atoms with Crippen LogP contribution in [-0.4, -0.2) is 23.9 Å². The Bertz CT molecular complexity index is 247. The number of para-hydroxylation sites is 1. The van der Waals surface area contributed by atoms with Crippen molar-refractivity contribution >= 4 is 0 Å². The van der Waals surface area contributed by atoms with Crippen LogP contribution in [0.3, 0.4) is 0 Å². The summed E-state index contributed by atoms with van der Waals surface area (Å²) in [6, 6.07) is 6.67. The van der Waals surface area contributed by atoms with Crippen molar-refractivity contribution < 1.29 is 14.9 Å². The van der Waals surface area contributed by atoms with E-state index in [0.717, 1.165) is 0 Å². The quantitative estimate of drug-likeness (QED) is 0.709. The van der Waals surface area contributed by atoms with Crippen molar-refractivity contribution in [1.29, 1.82) is 0 Å². The van der Waals surface area contributed by atoms with E-state index in [4.69, 9.17) is 4.74 Å². The maximum atomic E-state index is 9.42. The van der Waals surface area contributed by atoms with Crippen molar-refractivity contribution in [1.82, 2.24) is 0 Å². The van der Waals surface area contributed by atoms with Gasteiger partial charge in [0.15, 0.2) is 0 Å². The average molecular weight is 168 g/mol. The molecule has 0 fully saturated rings. The molecule has 0 saturated heterocycles. The first-order chi connectivity index (χ1) is 5.75. The van der Waals surface area contributed by atoms with Crippen molar-refractivity contribution in [3.63, 3.8) is 0 Å². The zero-order chi connectivity index (χ0) is 8.97. The Morgan fingerprint density at radius 3 is 2.67 bits per heavy atom. The summed E-state index contributed by atoms with van der Waals surface area (Å²) >= 11 is 0. The van der Waals surface area contributed by atoms with Gasteiger partial charge in [-0.25, -0.2) is 0 Å². The predicted molar refractivity (Wildman–Crippen MR) is 44.9 cm³/mol. The molecule has 3 nitrogen and oxygen atoms in total. The molecule has 0 aromatic heterocycles. The maximum absolute atomic E-state index is 9.42. The SMILES string of the molecule is COCC(O)c1ccccc1O. The molecular formula is C9H12O3. The summed E-state index contributed by atoms with van der Waals surface area (Å²) < 4.78 is 4.75. The number of methoxy groups -OCH3 is 1. The molecule has 1 unspecified atom stereocenters. The minimum atomic E-state index is -0.754. The lowest BCUT2D eigenvalue weighted by Gasteiger charge is -2.10. The summed E-state index contributed by atoms with van der Waals surface area (Å²) in [6.07, 6.45) is -0.754. The smallest absolute Gasteiger partial charge is 0.121 e. The molecule has 0 spiro atoms. The van der Waals surface area contributed by atoms with Gasteiger partial charge in [0.2, 0.25) is 0 Å². The third-order valence-corrected chi connectivity index (χ3v) is 1.62. The monoisotopic (exact) mass is 168 g/mol. The number of benzene rings is 1. The van der Waals surface area contributed by atoms with E-state index in [1.54, 1.807) is 18.2 Å². The number of ether oxygens (including phenoxy) is 1. The van der Waals surface area contributed by atoms with Gasteiger partial charge in [-0.05, 0) is 6.07 Å². The topological polar surface area (TPSA) is 49.7 Å². The van der Waals surface area contributed by atoms with Crippen LogP contribution in [0, 0.1) is 0 Å². The highest BCUT2D eigenvalue weighted by atomic mass is 16.5. The number of aliphatic hydroxyl groups is 1. The molecule has 0 radical (unpaired) electrons. The summed E-state index contributed by atoms with van der Waals surface area (Å²) in [5.74, 6) is 0.0991. The standard InChI is InChI=1S/C9H12O3/c1-12-6-9(11)7-4-2-3-5-8(7)10/h2-5,9-11H,6H2,1H3. The van der Waals surface area contributed by atoms with E-state index >= 15 is 0 Å². The van der Waals surface area contributed by atoms with Crippen LogP contribution in [0.2, 0.25) is 0 Å². The molecule has 0 heterocycles. The number of hydrogen-bond acceptors (Lipinski definition) is 3. The first-order valence-corrected chi connectivity index (χ1v) is 3.70. The second-order valence-corrected chi connectivity index (χ2v) is 2.53. The Balaban J connectivity index is 2.79. The van der Waals surface area contributed by atoms with E-state index < -0.39 is 6.10 Å². The largest absolute Gasteiger partial charge is 0.508 e. The lowest BCUT2D eigenvalue weighted by Crippen LogP contribution is -2.04. The Morgan fingerprint density at radius 1 is 1.42 bits per heavy atom. The first-order valence-electron chi connectivity index (χ1n) is 3.70. The van der Waals surface area contributed by atoms with E-state index in [9.17, 15) is 10.2 Å². The fourth-order valence-electron chi connectivity index (χ4n) is 1.02. The molecular weight excluding hydrogens is 156 g/mol. The lowest BCUT2D eigenvalue weighted by atomic mass is 10.1. The third kappa shape index (κ3) is 1.96. The maximum Gasteiger partial charge on any atom is 0.121 e. The van der Waals surface area contributed by atoms with E-state index in [-0.39, 0.29) is 12.4 Å². The highest BCUT2D eigenvalue weighted by Gasteiger charge is 2.10. The molecule has 2 N–H and O–H groups in total. The zero-order valence-electron chi connectivity index (χ0n) is 6.90. The number of aromatic hydroxyl groups is 1. The minimum absolute atomic E-state index is 0.0991. The van der Waals surface area contributed by atoms with E-state index in [2.05, 4.69) is 0 Å².